The van der Waals surface area contributed by atoms with E-state index in [9.17, 15) is 9.18 Å². The molecule has 0 bridgehead atoms. The first-order valence-corrected chi connectivity index (χ1v) is 8.96. The minimum atomic E-state index is -0.304. The summed E-state index contributed by atoms with van der Waals surface area (Å²) in [6.45, 7) is 5.08. The number of piperidine rings is 1. The molecule has 1 aliphatic rings. The fourth-order valence-electron chi connectivity index (χ4n) is 3.36. The molecule has 1 atom stereocenters. The molecule has 3 rings (SSSR count). The van der Waals surface area contributed by atoms with Crippen LogP contribution in [-0.4, -0.2) is 46.7 Å². The van der Waals surface area contributed by atoms with Gasteiger partial charge in [0, 0.05) is 24.7 Å². The second kappa shape index (κ2) is 8.25. The predicted molar refractivity (Wildman–Crippen MR) is 95.8 cm³/mol. The highest BCUT2D eigenvalue weighted by atomic mass is 19.1. The number of carbonyl (C=O) groups excluding carboxylic acids is 1. The van der Waals surface area contributed by atoms with Gasteiger partial charge in [-0.25, -0.2) is 4.39 Å². The van der Waals surface area contributed by atoms with Gasteiger partial charge in [0.1, 0.15) is 5.82 Å². The molecule has 0 saturated carbocycles. The molecule has 2 aromatic rings. The number of likely N-dealkylation sites (tertiary alicyclic amines) is 1. The maximum absolute atomic E-state index is 13.1. The lowest BCUT2D eigenvalue weighted by molar-refractivity contribution is 0.0949. The molecule has 0 spiro atoms. The molecule has 0 radical (unpaired) electrons. The van der Waals surface area contributed by atoms with Gasteiger partial charge in [-0.3, -0.25) is 9.89 Å². The second-order valence-electron chi connectivity index (χ2n) is 6.66. The summed E-state index contributed by atoms with van der Waals surface area (Å²) in [6, 6.07) is 6.66. The van der Waals surface area contributed by atoms with Crippen LogP contribution < -0.4 is 5.32 Å². The summed E-state index contributed by atoms with van der Waals surface area (Å²) in [5.74, 6) is -0.457. The molecular weight excluding hydrogens is 319 g/mol. The zero-order valence-electron chi connectivity index (χ0n) is 14.6. The number of carbonyl (C=O) groups is 1. The number of nitrogens with zero attached hydrogens (tertiary/aromatic N) is 2. The zero-order valence-corrected chi connectivity index (χ0v) is 14.6. The Morgan fingerprint density at radius 2 is 2.16 bits per heavy atom. The van der Waals surface area contributed by atoms with Gasteiger partial charge in [0.2, 0.25) is 0 Å². The van der Waals surface area contributed by atoms with Crippen molar-refractivity contribution in [3.63, 3.8) is 0 Å². The van der Waals surface area contributed by atoms with Crippen LogP contribution in [0.2, 0.25) is 0 Å². The first-order valence-electron chi connectivity index (χ1n) is 8.96. The van der Waals surface area contributed by atoms with Crippen LogP contribution in [0.25, 0.3) is 11.3 Å². The maximum atomic E-state index is 13.1. The van der Waals surface area contributed by atoms with Crippen molar-refractivity contribution in [1.29, 1.82) is 0 Å². The Morgan fingerprint density at radius 3 is 2.92 bits per heavy atom. The molecule has 1 aromatic carbocycles. The topological polar surface area (TPSA) is 61.0 Å². The molecule has 1 aliphatic heterocycles. The van der Waals surface area contributed by atoms with E-state index in [1.807, 2.05) is 0 Å². The number of hydrogen-bond donors (Lipinski definition) is 2. The number of halogens is 1. The molecule has 2 heterocycles. The van der Waals surface area contributed by atoms with Crippen LogP contribution in [-0.2, 0) is 0 Å². The molecule has 0 aliphatic carbocycles. The number of aromatic amines is 1. The first-order chi connectivity index (χ1) is 12.1. The Hall–Kier alpha value is -2.21. The molecule has 1 saturated heterocycles. The van der Waals surface area contributed by atoms with Crippen molar-refractivity contribution in [2.45, 2.75) is 38.6 Å². The average molecular weight is 344 g/mol. The van der Waals surface area contributed by atoms with Crippen LogP contribution in [0.4, 0.5) is 4.39 Å². The molecule has 1 unspecified atom stereocenters. The molecular formula is C19H25FN4O. The minimum absolute atomic E-state index is 0.153. The molecule has 1 amide bonds. The van der Waals surface area contributed by atoms with Crippen LogP contribution in [0.1, 0.15) is 43.0 Å². The highest BCUT2D eigenvalue weighted by molar-refractivity contribution is 5.99. The summed E-state index contributed by atoms with van der Waals surface area (Å²) in [5, 5.41) is 9.76. The third kappa shape index (κ3) is 4.45. The highest BCUT2D eigenvalue weighted by Crippen LogP contribution is 2.21. The SMILES string of the molecule is CC1CCCCN1CCCNC(=O)c1cn[nH]c1-c1ccc(F)cc1. The molecule has 2 N–H and O–H groups in total. The third-order valence-electron chi connectivity index (χ3n) is 4.87. The van der Waals surface area contributed by atoms with Crippen molar-refractivity contribution in [2.75, 3.05) is 19.6 Å². The Bertz CT molecular complexity index is 698. The fraction of sp³-hybridized carbons (Fsp3) is 0.474. The number of nitrogens with one attached hydrogen (secondary N) is 2. The first kappa shape index (κ1) is 17.6. The Balaban J connectivity index is 1.52. The van der Waals surface area contributed by atoms with Crippen LogP contribution in [0, 0.1) is 5.82 Å². The molecule has 25 heavy (non-hydrogen) atoms. The largest absolute Gasteiger partial charge is 0.352 e. The quantitative estimate of drug-likeness (QED) is 0.791. The van der Waals surface area contributed by atoms with Gasteiger partial charge in [-0.2, -0.15) is 5.10 Å². The van der Waals surface area contributed by atoms with E-state index in [1.54, 1.807) is 12.1 Å². The van der Waals surface area contributed by atoms with Gasteiger partial charge in [-0.05, 0) is 57.0 Å². The van der Waals surface area contributed by atoms with E-state index in [0.717, 1.165) is 25.1 Å². The van der Waals surface area contributed by atoms with Crippen molar-refractivity contribution in [3.8, 4) is 11.3 Å². The van der Waals surface area contributed by atoms with Crippen molar-refractivity contribution >= 4 is 5.91 Å². The zero-order chi connectivity index (χ0) is 17.6. The lowest BCUT2D eigenvalue weighted by atomic mass is 10.0. The van der Waals surface area contributed by atoms with Gasteiger partial charge >= 0.3 is 0 Å². The van der Waals surface area contributed by atoms with Gasteiger partial charge in [0.25, 0.3) is 5.91 Å². The third-order valence-corrected chi connectivity index (χ3v) is 4.87. The second-order valence-corrected chi connectivity index (χ2v) is 6.66. The standard InChI is InChI=1S/C19H25FN4O/c1-14-5-2-3-11-24(14)12-4-10-21-19(25)17-13-22-23-18(17)15-6-8-16(20)9-7-15/h6-9,13-14H,2-5,10-12H2,1H3,(H,21,25)(H,22,23). The number of H-pyrrole nitrogens is 1. The molecule has 5 nitrogen and oxygen atoms in total. The highest BCUT2D eigenvalue weighted by Gasteiger charge is 2.18. The molecule has 6 heteroatoms. The molecule has 134 valence electrons. The summed E-state index contributed by atoms with van der Waals surface area (Å²) in [7, 11) is 0. The summed E-state index contributed by atoms with van der Waals surface area (Å²) < 4.78 is 13.1. The van der Waals surface area contributed by atoms with Gasteiger partial charge in [0.05, 0.1) is 17.5 Å². The lowest BCUT2D eigenvalue weighted by Crippen LogP contribution is -2.39. The lowest BCUT2D eigenvalue weighted by Gasteiger charge is -2.33. The monoisotopic (exact) mass is 344 g/mol. The van der Waals surface area contributed by atoms with E-state index in [2.05, 4.69) is 27.3 Å². The Morgan fingerprint density at radius 1 is 1.36 bits per heavy atom. The van der Waals surface area contributed by atoms with Gasteiger partial charge in [0.15, 0.2) is 0 Å². The average Bonchev–Trinajstić information content (AvgIpc) is 3.10. The van der Waals surface area contributed by atoms with Crippen LogP contribution in [0.5, 0.6) is 0 Å². The Kier molecular flexibility index (Phi) is 5.81. The number of amides is 1. The van der Waals surface area contributed by atoms with Crippen LogP contribution in [0.15, 0.2) is 30.5 Å². The smallest absolute Gasteiger partial charge is 0.255 e. The number of aromatic nitrogens is 2. The van der Waals surface area contributed by atoms with Gasteiger partial charge < -0.3 is 10.2 Å². The summed E-state index contributed by atoms with van der Waals surface area (Å²) in [5.41, 5.74) is 1.84. The van der Waals surface area contributed by atoms with Crippen LogP contribution in [0.3, 0.4) is 0 Å². The predicted octanol–water partition coefficient (Wildman–Crippen LogP) is 3.21. The molecule has 1 aromatic heterocycles. The minimum Gasteiger partial charge on any atom is -0.352 e. The normalized spacial score (nSPS) is 18.2. The van der Waals surface area contributed by atoms with Gasteiger partial charge in [-0.15, -0.1) is 0 Å². The van der Waals surface area contributed by atoms with E-state index < -0.39 is 0 Å². The molecule has 1 fully saturated rings. The van der Waals surface area contributed by atoms with E-state index in [4.69, 9.17) is 0 Å². The van der Waals surface area contributed by atoms with Crippen molar-refractivity contribution in [2.24, 2.45) is 0 Å². The Labute approximate surface area is 147 Å². The van der Waals surface area contributed by atoms with Crippen LogP contribution >= 0.6 is 0 Å². The van der Waals surface area contributed by atoms with Crippen molar-refractivity contribution in [3.05, 3.63) is 41.8 Å². The fourth-order valence-corrected chi connectivity index (χ4v) is 3.36. The van der Waals surface area contributed by atoms with E-state index >= 15 is 0 Å². The number of benzene rings is 1. The number of rotatable bonds is 6. The van der Waals surface area contributed by atoms with Gasteiger partial charge in [-0.1, -0.05) is 6.42 Å². The summed E-state index contributed by atoms with van der Waals surface area (Å²) >= 11 is 0. The number of hydrogen-bond acceptors (Lipinski definition) is 3. The maximum Gasteiger partial charge on any atom is 0.255 e. The van der Waals surface area contributed by atoms with E-state index in [-0.39, 0.29) is 11.7 Å². The van der Waals surface area contributed by atoms with Crippen molar-refractivity contribution < 1.29 is 9.18 Å². The van der Waals surface area contributed by atoms with Crippen molar-refractivity contribution in [1.82, 2.24) is 20.4 Å². The van der Waals surface area contributed by atoms with E-state index in [0.29, 0.717) is 23.8 Å². The van der Waals surface area contributed by atoms with E-state index in [1.165, 1.54) is 37.6 Å². The summed E-state index contributed by atoms with van der Waals surface area (Å²) in [4.78, 5) is 14.9. The summed E-state index contributed by atoms with van der Waals surface area (Å²) in [6.07, 6.45) is 6.30.